The van der Waals surface area contributed by atoms with E-state index in [-0.39, 0.29) is 21.1 Å². The van der Waals surface area contributed by atoms with E-state index in [1.165, 1.54) is 85.9 Å². The summed E-state index contributed by atoms with van der Waals surface area (Å²) in [6, 6.07) is 0. The molecular weight excluding hydrogens is 830 g/mol. The van der Waals surface area contributed by atoms with E-state index in [9.17, 15) is 19.8 Å². The average molecular weight is 905 g/mol. The fraction of sp³-hybridized carbons (Fsp3) is 0.944. The van der Waals surface area contributed by atoms with E-state index in [0.717, 1.165) is 37.5 Å². The molecule has 0 aliphatic rings. The van der Waals surface area contributed by atoms with Crippen molar-refractivity contribution in [2.45, 2.75) is 199 Å². The zero-order chi connectivity index (χ0) is 35.3. The Hall–Kier alpha value is 1.46. The maximum absolute atomic E-state index is 10.3. The van der Waals surface area contributed by atoms with Gasteiger partial charge in [-0.2, -0.15) is 25.3 Å². The van der Waals surface area contributed by atoms with Gasteiger partial charge < -0.3 is 19.8 Å². The summed E-state index contributed by atoms with van der Waals surface area (Å²) in [6.45, 7) is 17.9. The van der Waals surface area contributed by atoms with Crippen LogP contribution in [0.1, 0.15) is 171 Å². The molecule has 0 rings (SSSR count). The predicted molar refractivity (Wildman–Crippen MR) is 209 cm³/mol. The quantitative estimate of drug-likeness (QED) is 0.0514. The first-order valence-electron chi connectivity index (χ1n) is 18.3. The molecule has 2 atom stereocenters. The SMILES string of the molecule is CC(C)CCCCCC(S)C(=O)[O-].CC(C)CCCCCC(S)C(=O)[O-].CCC[CH2][Sn+2][CH2]CCC.CCC[CH2][Sn](=[S])[CH2]CCC. The second kappa shape index (κ2) is 43.5. The zero-order valence-corrected chi connectivity index (χ0v) is 39.1. The Morgan fingerprint density at radius 2 is 0.889 bits per heavy atom. The molecule has 0 saturated carbocycles. The zero-order valence-electron chi connectivity index (χ0n) is 30.8. The monoisotopic (exact) mass is 906 g/mol. The van der Waals surface area contributed by atoms with E-state index in [2.05, 4.69) is 80.6 Å². The van der Waals surface area contributed by atoms with E-state index in [0.29, 0.717) is 12.8 Å². The second-order valence-electron chi connectivity index (χ2n) is 12.9. The van der Waals surface area contributed by atoms with Crippen LogP contribution in [-0.2, 0) is 9.59 Å². The molecule has 0 N–H and O–H groups in total. The average Bonchev–Trinajstić information content (AvgIpc) is 2.99. The molecule has 0 aliphatic carbocycles. The van der Waals surface area contributed by atoms with Crippen LogP contribution in [0.25, 0.3) is 0 Å². The van der Waals surface area contributed by atoms with Crippen molar-refractivity contribution in [1.82, 2.24) is 0 Å². The molecule has 9 heteroatoms. The summed E-state index contributed by atoms with van der Waals surface area (Å²) in [4.78, 5) is 20.6. The molecule has 0 spiro atoms. The van der Waals surface area contributed by atoms with Crippen LogP contribution >= 0.6 is 34.5 Å². The summed E-state index contributed by atoms with van der Waals surface area (Å²) in [6.07, 6.45) is 21.5. The molecule has 0 aromatic carbocycles. The van der Waals surface area contributed by atoms with Crippen molar-refractivity contribution in [2.24, 2.45) is 11.8 Å². The molecule has 0 aromatic rings. The Morgan fingerprint density at radius 3 is 1.16 bits per heavy atom. The molecule has 0 saturated heterocycles. The molecule has 268 valence electrons. The maximum atomic E-state index is 10.3. The third-order valence-corrected chi connectivity index (χ3v) is 20.0. The summed E-state index contributed by atoms with van der Waals surface area (Å²) < 4.78 is 6.15. The molecule has 0 fully saturated rings. The summed E-state index contributed by atoms with van der Waals surface area (Å²) in [5.74, 6) is -0.611. The van der Waals surface area contributed by atoms with Gasteiger partial charge in [0.15, 0.2) is 0 Å². The fourth-order valence-corrected chi connectivity index (χ4v) is 15.4. The number of unbranched alkanes of at least 4 members (excludes halogenated alkanes) is 8. The number of carboxylic acids is 2. The van der Waals surface area contributed by atoms with Gasteiger partial charge in [0, 0.05) is 10.5 Å². The Labute approximate surface area is 313 Å². The van der Waals surface area contributed by atoms with Gasteiger partial charge in [-0.3, -0.25) is 0 Å². The summed E-state index contributed by atoms with van der Waals surface area (Å²) in [5, 5.41) is 19.4. The van der Waals surface area contributed by atoms with Crippen LogP contribution in [0.15, 0.2) is 0 Å². The van der Waals surface area contributed by atoms with Crippen molar-refractivity contribution in [1.29, 1.82) is 0 Å². The minimum absolute atomic E-state index is 0.149. The standard InChI is InChI=1S/2C10H20O2S.4C4H9.S.2Sn/c2*1-8(2)6-4-3-5-7-9(13)10(11)12;4*1-3-4-2;;;/h2*8-9,13H,3-7H2,1-2H3,(H,11,12);4*1,3-4H2,2H3;;;/q;;;;;;;;+2/p-2. The number of thiol groups is 2. The van der Waals surface area contributed by atoms with Crippen LogP contribution in [0.3, 0.4) is 0 Å². The first kappa shape index (κ1) is 53.3. The van der Waals surface area contributed by atoms with Gasteiger partial charge >= 0.3 is 145 Å². The van der Waals surface area contributed by atoms with Gasteiger partial charge in [0.05, 0.1) is 11.9 Å². The van der Waals surface area contributed by atoms with E-state index < -0.39 is 40.3 Å². The Morgan fingerprint density at radius 1 is 0.578 bits per heavy atom. The van der Waals surface area contributed by atoms with Crippen LogP contribution in [0.4, 0.5) is 0 Å². The molecule has 0 aromatic heterocycles. The number of rotatable bonds is 26. The summed E-state index contributed by atoms with van der Waals surface area (Å²) in [7, 11) is 5.46. The van der Waals surface area contributed by atoms with Crippen LogP contribution < -0.4 is 10.2 Å². The Bertz CT molecular complexity index is 587. The third kappa shape index (κ3) is 55.1. The van der Waals surface area contributed by atoms with Gasteiger partial charge in [-0.15, -0.1) is 0 Å². The first-order valence-corrected chi connectivity index (χ1v) is 31.3. The number of aliphatic carboxylic acids is 2. The van der Waals surface area contributed by atoms with E-state index >= 15 is 0 Å². The van der Waals surface area contributed by atoms with Crippen molar-refractivity contribution in [3.63, 3.8) is 0 Å². The number of carbonyl (C=O) groups excluding carboxylic acids is 2. The number of hydrogen-bond acceptors (Lipinski definition) is 7. The van der Waals surface area contributed by atoms with Gasteiger partial charge in [0.1, 0.15) is 0 Å². The molecule has 0 bridgehead atoms. The molecule has 4 nitrogen and oxygen atoms in total. The van der Waals surface area contributed by atoms with Crippen LogP contribution in [-0.4, -0.2) is 61.4 Å². The molecule has 0 radical (unpaired) electrons. The first-order chi connectivity index (χ1) is 21.3. The molecule has 0 heterocycles. The fourth-order valence-electron chi connectivity index (χ4n) is 3.97. The van der Waals surface area contributed by atoms with Crippen LogP contribution in [0.2, 0.25) is 17.7 Å². The summed E-state index contributed by atoms with van der Waals surface area (Å²) in [5.41, 5.74) is 0. The van der Waals surface area contributed by atoms with E-state index in [4.69, 9.17) is 9.29 Å². The van der Waals surface area contributed by atoms with Crippen molar-refractivity contribution in [2.75, 3.05) is 0 Å². The summed E-state index contributed by atoms with van der Waals surface area (Å²) >= 11 is 6.80. The third-order valence-electron chi connectivity index (χ3n) is 7.09. The van der Waals surface area contributed by atoms with E-state index in [1.54, 1.807) is 8.87 Å². The van der Waals surface area contributed by atoms with E-state index in [1.807, 2.05) is 0 Å². The topological polar surface area (TPSA) is 80.3 Å². The predicted octanol–water partition coefficient (Wildman–Crippen LogP) is 10.2. The molecule has 45 heavy (non-hydrogen) atoms. The molecule has 0 amide bonds. The minimum atomic E-state index is -1.16. The van der Waals surface area contributed by atoms with Gasteiger partial charge in [-0.05, 0) is 24.7 Å². The van der Waals surface area contributed by atoms with Crippen LogP contribution in [0, 0.1) is 11.8 Å². The number of carboxylic acid groups (broad SMARTS) is 2. The molecular formula is C36H74O4S3Sn2. The van der Waals surface area contributed by atoms with Gasteiger partial charge in [-0.25, -0.2) is 0 Å². The molecule has 2 unspecified atom stereocenters. The van der Waals surface area contributed by atoms with Crippen molar-refractivity contribution >= 4 is 85.4 Å². The van der Waals surface area contributed by atoms with Crippen molar-refractivity contribution in [3.05, 3.63) is 0 Å². The normalized spacial score (nSPS) is 11.6. The Kier molecular flexibility index (Phi) is 51.5. The van der Waals surface area contributed by atoms with Crippen molar-refractivity contribution in [3.8, 4) is 0 Å². The second-order valence-corrected chi connectivity index (χ2v) is 28.3. The van der Waals surface area contributed by atoms with Gasteiger partial charge in [-0.1, -0.05) is 79.1 Å². The number of carbonyl (C=O) groups is 2. The molecule has 0 aliphatic heterocycles. The van der Waals surface area contributed by atoms with Crippen molar-refractivity contribution < 1.29 is 19.8 Å². The Balaban J connectivity index is -0.000000252. The van der Waals surface area contributed by atoms with Crippen LogP contribution in [0.5, 0.6) is 0 Å². The van der Waals surface area contributed by atoms with Gasteiger partial charge in [0.2, 0.25) is 0 Å². The van der Waals surface area contributed by atoms with Gasteiger partial charge in [0.25, 0.3) is 0 Å². The number of hydrogen-bond donors (Lipinski definition) is 2.